The van der Waals surface area contributed by atoms with Gasteiger partial charge < -0.3 is 5.32 Å². The normalized spacial score (nSPS) is 10.3. The molecule has 1 aromatic heterocycles. The van der Waals surface area contributed by atoms with Crippen LogP contribution in [0.4, 0.5) is 5.82 Å². The van der Waals surface area contributed by atoms with Crippen LogP contribution in [0.2, 0.25) is 10.4 Å². The zero-order valence-electron chi connectivity index (χ0n) is 9.67. The lowest BCUT2D eigenvalue weighted by Gasteiger charge is -2.04. The summed E-state index contributed by atoms with van der Waals surface area (Å²) in [6.07, 6.45) is 4.73. The number of aromatic nitrogens is 2. The minimum absolute atomic E-state index is 0.0267. The number of anilines is 1. The number of nitrogens with one attached hydrogen (secondary N) is 1. The molecule has 0 aromatic carbocycles. The zero-order valence-corrected chi connectivity index (χ0v) is 11.2. The van der Waals surface area contributed by atoms with E-state index in [-0.39, 0.29) is 16.3 Å². The molecule has 0 unspecified atom stereocenters. The molecule has 0 atom stereocenters. The van der Waals surface area contributed by atoms with Crippen LogP contribution in [-0.2, 0) is 4.79 Å². The van der Waals surface area contributed by atoms with Gasteiger partial charge in [-0.05, 0) is 18.0 Å². The molecule has 0 aliphatic heterocycles. The third kappa shape index (κ3) is 5.84. The van der Waals surface area contributed by atoms with Gasteiger partial charge in [-0.15, -0.1) is 0 Å². The van der Waals surface area contributed by atoms with Gasteiger partial charge in [0.15, 0.2) is 0 Å². The third-order valence-electron chi connectivity index (χ3n) is 2.19. The van der Waals surface area contributed by atoms with Gasteiger partial charge in [0.25, 0.3) is 0 Å². The Balaban J connectivity index is 2.39. The molecule has 0 fully saturated rings. The van der Waals surface area contributed by atoms with Crippen LogP contribution in [0.5, 0.6) is 0 Å². The molecular weight excluding hydrogens is 261 g/mol. The summed E-state index contributed by atoms with van der Waals surface area (Å²) >= 11 is 11.3. The number of hydrogen-bond acceptors (Lipinski definition) is 3. The molecule has 94 valence electrons. The van der Waals surface area contributed by atoms with Gasteiger partial charge in [0.05, 0.1) is 0 Å². The number of halogens is 2. The molecule has 1 heterocycles. The Bertz CT molecular complexity index is 365. The van der Waals surface area contributed by atoms with Crippen LogP contribution in [0.15, 0.2) is 6.07 Å². The number of carbonyl (C=O) groups excluding carboxylic acids is 1. The SMILES string of the molecule is CCCCCCC(=O)Nc1cc(Cl)nc(Cl)n1. The first-order valence-electron chi connectivity index (χ1n) is 5.61. The second kappa shape index (κ2) is 7.45. The molecule has 4 nitrogen and oxygen atoms in total. The molecule has 6 heteroatoms. The summed E-state index contributed by atoms with van der Waals surface area (Å²) in [5.74, 6) is 0.266. The number of nitrogens with zero attached hydrogens (tertiary/aromatic N) is 2. The van der Waals surface area contributed by atoms with Gasteiger partial charge in [0, 0.05) is 12.5 Å². The summed E-state index contributed by atoms with van der Waals surface area (Å²) in [5, 5.41) is 2.88. The summed E-state index contributed by atoms with van der Waals surface area (Å²) in [5.41, 5.74) is 0. The van der Waals surface area contributed by atoms with Crippen molar-refractivity contribution in [2.45, 2.75) is 39.0 Å². The van der Waals surface area contributed by atoms with Gasteiger partial charge in [-0.1, -0.05) is 37.8 Å². The van der Waals surface area contributed by atoms with E-state index < -0.39 is 0 Å². The Kier molecular flexibility index (Phi) is 6.22. The fourth-order valence-electron chi connectivity index (χ4n) is 1.37. The molecule has 0 saturated carbocycles. The summed E-state index contributed by atoms with van der Waals surface area (Å²) in [6, 6.07) is 1.47. The highest BCUT2D eigenvalue weighted by molar-refractivity contribution is 6.32. The van der Waals surface area contributed by atoms with Crippen molar-refractivity contribution in [1.82, 2.24) is 9.97 Å². The first kappa shape index (κ1) is 14.2. The van der Waals surface area contributed by atoms with Crippen molar-refractivity contribution in [2.24, 2.45) is 0 Å². The van der Waals surface area contributed by atoms with E-state index in [2.05, 4.69) is 22.2 Å². The molecule has 1 amide bonds. The standard InChI is InChI=1S/C11H15Cl2N3O/c1-2-3-4-5-6-10(17)15-9-7-8(12)14-11(13)16-9/h7H,2-6H2,1H3,(H,14,15,16,17). The van der Waals surface area contributed by atoms with E-state index in [9.17, 15) is 4.79 Å². The number of amides is 1. The van der Waals surface area contributed by atoms with Crippen molar-refractivity contribution < 1.29 is 4.79 Å². The summed E-state index contributed by atoms with van der Waals surface area (Å²) in [4.78, 5) is 19.1. The molecule has 0 radical (unpaired) electrons. The van der Waals surface area contributed by atoms with Gasteiger partial charge in [0.2, 0.25) is 11.2 Å². The molecule has 0 aliphatic carbocycles. The lowest BCUT2D eigenvalue weighted by atomic mass is 10.1. The molecule has 1 N–H and O–H groups in total. The number of rotatable bonds is 6. The van der Waals surface area contributed by atoms with Crippen LogP contribution in [0.25, 0.3) is 0 Å². The maximum Gasteiger partial charge on any atom is 0.225 e. The molecular formula is C11H15Cl2N3O. The Morgan fingerprint density at radius 3 is 2.71 bits per heavy atom. The van der Waals surface area contributed by atoms with Crippen LogP contribution >= 0.6 is 23.2 Å². The predicted octanol–water partition coefficient (Wildman–Crippen LogP) is 3.69. The monoisotopic (exact) mass is 275 g/mol. The summed E-state index contributed by atoms with van der Waals surface area (Å²) in [6.45, 7) is 2.13. The quantitative estimate of drug-likeness (QED) is 0.489. The van der Waals surface area contributed by atoms with E-state index in [1.807, 2.05) is 0 Å². The fourth-order valence-corrected chi connectivity index (χ4v) is 1.78. The summed E-state index contributed by atoms with van der Waals surface area (Å²) in [7, 11) is 0. The van der Waals surface area contributed by atoms with Gasteiger partial charge in [-0.2, -0.15) is 0 Å². The van der Waals surface area contributed by atoms with Gasteiger partial charge in [0.1, 0.15) is 11.0 Å². The highest BCUT2D eigenvalue weighted by atomic mass is 35.5. The largest absolute Gasteiger partial charge is 0.311 e. The maximum atomic E-state index is 11.5. The van der Waals surface area contributed by atoms with Crippen molar-refractivity contribution in [3.8, 4) is 0 Å². The Morgan fingerprint density at radius 1 is 1.29 bits per heavy atom. The van der Waals surface area contributed by atoms with Crippen LogP contribution in [-0.4, -0.2) is 15.9 Å². The molecule has 1 aromatic rings. The van der Waals surface area contributed by atoms with Crippen molar-refractivity contribution >= 4 is 34.9 Å². The first-order valence-corrected chi connectivity index (χ1v) is 6.37. The molecule has 0 bridgehead atoms. The Hall–Kier alpha value is -0.870. The smallest absolute Gasteiger partial charge is 0.225 e. The average molecular weight is 276 g/mol. The van der Waals surface area contributed by atoms with Gasteiger partial charge >= 0.3 is 0 Å². The summed E-state index contributed by atoms with van der Waals surface area (Å²) < 4.78 is 0. The first-order chi connectivity index (χ1) is 8.11. The van der Waals surface area contributed by atoms with Crippen LogP contribution < -0.4 is 5.32 Å². The van der Waals surface area contributed by atoms with Crippen molar-refractivity contribution in [2.75, 3.05) is 5.32 Å². The van der Waals surface area contributed by atoms with Crippen LogP contribution in [0.1, 0.15) is 39.0 Å². The molecule has 0 aliphatic rings. The van der Waals surface area contributed by atoms with E-state index in [1.54, 1.807) is 0 Å². The lowest BCUT2D eigenvalue weighted by molar-refractivity contribution is -0.116. The predicted molar refractivity (Wildman–Crippen MR) is 69.4 cm³/mol. The van der Waals surface area contributed by atoms with E-state index in [1.165, 1.54) is 6.07 Å². The van der Waals surface area contributed by atoms with Gasteiger partial charge in [-0.25, -0.2) is 9.97 Å². The molecule has 0 saturated heterocycles. The van der Waals surface area contributed by atoms with Crippen molar-refractivity contribution in [3.05, 3.63) is 16.5 Å². The van der Waals surface area contributed by atoms with Crippen molar-refractivity contribution in [1.29, 1.82) is 0 Å². The topological polar surface area (TPSA) is 54.9 Å². The second-order valence-corrected chi connectivity index (χ2v) is 4.43. The zero-order chi connectivity index (χ0) is 12.7. The highest BCUT2D eigenvalue weighted by Gasteiger charge is 2.05. The third-order valence-corrected chi connectivity index (χ3v) is 2.56. The van der Waals surface area contributed by atoms with Gasteiger partial charge in [-0.3, -0.25) is 4.79 Å². The van der Waals surface area contributed by atoms with E-state index >= 15 is 0 Å². The van der Waals surface area contributed by atoms with Crippen LogP contribution in [0.3, 0.4) is 0 Å². The minimum Gasteiger partial charge on any atom is -0.311 e. The lowest BCUT2D eigenvalue weighted by Crippen LogP contribution is -2.12. The maximum absolute atomic E-state index is 11.5. The fraction of sp³-hybridized carbons (Fsp3) is 0.545. The molecule has 0 spiro atoms. The highest BCUT2D eigenvalue weighted by Crippen LogP contribution is 2.14. The average Bonchev–Trinajstić information content (AvgIpc) is 2.23. The van der Waals surface area contributed by atoms with Crippen LogP contribution in [0, 0.1) is 0 Å². The van der Waals surface area contributed by atoms with E-state index in [4.69, 9.17) is 23.2 Å². The van der Waals surface area contributed by atoms with E-state index in [0.717, 1.165) is 25.7 Å². The Morgan fingerprint density at radius 2 is 2.06 bits per heavy atom. The number of hydrogen-bond donors (Lipinski definition) is 1. The number of carbonyl (C=O) groups is 1. The second-order valence-electron chi connectivity index (χ2n) is 3.70. The molecule has 17 heavy (non-hydrogen) atoms. The minimum atomic E-state index is -0.0769. The number of unbranched alkanes of at least 4 members (excludes halogenated alkanes) is 3. The Labute approximate surface area is 111 Å². The molecule has 1 rings (SSSR count). The van der Waals surface area contributed by atoms with Crippen molar-refractivity contribution in [3.63, 3.8) is 0 Å². The van der Waals surface area contributed by atoms with E-state index in [0.29, 0.717) is 12.2 Å².